The molecule has 0 aromatic heterocycles. The summed E-state index contributed by atoms with van der Waals surface area (Å²) >= 11 is 0. The van der Waals surface area contributed by atoms with Crippen molar-refractivity contribution in [3.63, 3.8) is 0 Å². The van der Waals surface area contributed by atoms with Crippen LogP contribution in [0.2, 0.25) is 0 Å². The summed E-state index contributed by atoms with van der Waals surface area (Å²) in [5, 5.41) is 10.5. The highest BCUT2D eigenvalue weighted by Crippen LogP contribution is 2.53. The molecular formula is C18H26O5. The van der Waals surface area contributed by atoms with Crippen LogP contribution in [-0.2, 0) is 19.1 Å². The Hall–Kier alpha value is -1.62. The van der Waals surface area contributed by atoms with E-state index in [-0.39, 0.29) is 17.3 Å². The fourth-order valence-electron chi connectivity index (χ4n) is 4.16. The molecule has 0 aromatic rings. The Labute approximate surface area is 137 Å². The predicted molar refractivity (Wildman–Crippen MR) is 85.4 cm³/mol. The predicted octanol–water partition coefficient (Wildman–Crippen LogP) is 2.39. The summed E-state index contributed by atoms with van der Waals surface area (Å²) in [6.45, 7) is 9.31. The molecule has 0 radical (unpaired) electrons. The number of rotatable bonds is 3. The third kappa shape index (κ3) is 3.20. The Morgan fingerprint density at radius 2 is 2.09 bits per heavy atom. The van der Waals surface area contributed by atoms with E-state index in [1.54, 1.807) is 0 Å². The number of methoxy groups -OCH3 is 1. The minimum atomic E-state index is -0.485. The minimum absolute atomic E-state index is 0.129. The number of hydrogen-bond acceptors (Lipinski definition) is 5. The van der Waals surface area contributed by atoms with Gasteiger partial charge in [0.05, 0.1) is 13.2 Å². The van der Waals surface area contributed by atoms with Gasteiger partial charge in [-0.25, -0.2) is 4.79 Å². The molecule has 0 bridgehead atoms. The summed E-state index contributed by atoms with van der Waals surface area (Å²) in [5.41, 5.74) is 1.17. The molecule has 5 heteroatoms. The van der Waals surface area contributed by atoms with Crippen molar-refractivity contribution in [1.82, 2.24) is 0 Å². The van der Waals surface area contributed by atoms with Gasteiger partial charge in [-0.2, -0.15) is 0 Å². The third-order valence-corrected chi connectivity index (χ3v) is 5.56. The summed E-state index contributed by atoms with van der Waals surface area (Å²) in [6.07, 6.45) is 2.82. The Kier molecular flexibility index (Phi) is 4.99. The van der Waals surface area contributed by atoms with Gasteiger partial charge in [-0.05, 0) is 32.1 Å². The molecular weight excluding hydrogens is 296 g/mol. The number of aliphatic hydroxyl groups is 1. The van der Waals surface area contributed by atoms with E-state index in [4.69, 9.17) is 9.47 Å². The van der Waals surface area contributed by atoms with Gasteiger partial charge in [-0.1, -0.05) is 25.2 Å². The first-order chi connectivity index (χ1) is 10.7. The Balaban J connectivity index is 2.36. The topological polar surface area (TPSA) is 72.8 Å². The molecule has 0 aromatic carbocycles. The molecule has 0 amide bonds. The molecule has 2 aliphatic carbocycles. The quantitative estimate of drug-likeness (QED) is 0.491. The SMILES string of the molecule is C=C(C(=O)OC)[C@H]1C[C@H]2C(C)=CC[C@@H](O)[C@]2(C)C[C@H]1OC(C)=O. The van der Waals surface area contributed by atoms with Gasteiger partial charge in [0, 0.05) is 23.8 Å². The summed E-state index contributed by atoms with van der Waals surface area (Å²) in [6, 6.07) is 0. The van der Waals surface area contributed by atoms with Crippen LogP contribution in [0, 0.1) is 17.3 Å². The molecule has 0 aliphatic heterocycles. The molecule has 0 saturated heterocycles. The summed E-state index contributed by atoms with van der Waals surface area (Å²) in [5.74, 6) is -1.03. The lowest BCUT2D eigenvalue weighted by Gasteiger charge is -2.52. The maximum atomic E-state index is 11.9. The highest BCUT2D eigenvalue weighted by Gasteiger charge is 2.52. The molecule has 0 spiro atoms. The standard InChI is InChI=1S/C18H26O5/c1-10-6-7-16(20)18(4)9-15(23-12(3)19)13(8-14(10)18)11(2)17(21)22-5/h6,13-16,20H,2,7-9H2,1,3-5H3/t13-,14+,15-,16-,18-/m1/s1. The second kappa shape index (κ2) is 6.48. The van der Waals surface area contributed by atoms with E-state index >= 15 is 0 Å². The van der Waals surface area contributed by atoms with Crippen molar-refractivity contribution in [1.29, 1.82) is 0 Å². The lowest BCUT2D eigenvalue weighted by molar-refractivity contribution is -0.161. The molecule has 23 heavy (non-hydrogen) atoms. The first-order valence-electron chi connectivity index (χ1n) is 7.99. The van der Waals surface area contributed by atoms with E-state index in [9.17, 15) is 14.7 Å². The van der Waals surface area contributed by atoms with E-state index in [1.165, 1.54) is 19.6 Å². The van der Waals surface area contributed by atoms with Crippen LogP contribution < -0.4 is 0 Å². The van der Waals surface area contributed by atoms with E-state index in [0.29, 0.717) is 24.8 Å². The van der Waals surface area contributed by atoms with Crippen LogP contribution in [0.15, 0.2) is 23.8 Å². The summed E-state index contributed by atoms with van der Waals surface area (Å²) < 4.78 is 10.3. The van der Waals surface area contributed by atoms with Gasteiger partial charge in [-0.3, -0.25) is 4.79 Å². The molecule has 5 nitrogen and oxygen atoms in total. The number of esters is 2. The Morgan fingerprint density at radius 1 is 1.43 bits per heavy atom. The zero-order chi connectivity index (χ0) is 17.4. The first-order valence-corrected chi connectivity index (χ1v) is 7.99. The van der Waals surface area contributed by atoms with Crippen LogP contribution >= 0.6 is 0 Å². The van der Waals surface area contributed by atoms with Gasteiger partial charge in [0.15, 0.2) is 0 Å². The van der Waals surface area contributed by atoms with Crippen LogP contribution in [0.1, 0.15) is 40.0 Å². The number of fused-ring (bicyclic) bond motifs is 1. The van der Waals surface area contributed by atoms with Crippen molar-refractivity contribution >= 4 is 11.9 Å². The number of allylic oxidation sites excluding steroid dienone is 1. The smallest absolute Gasteiger partial charge is 0.333 e. The van der Waals surface area contributed by atoms with Crippen LogP contribution in [0.25, 0.3) is 0 Å². The molecule has 128 valence electrons. The van der Waals surface area contributed by atoms with E-state index in [2.05, 4.69) is 19.6 Å². The van der Waals surface area contributed by atoms with E-state index < -0.39 is 24.1 Å². The van der Waals surface area contributed by atoms with Gasteiger partial charge in [0.2, 0.25) is 0 Å². The summed E-state index contributed by atoms with van der Waals surface area (Å²) in [7, 11) is 1.32. The van der Waals surface area contributed by atoms with Crippen LogP contribution in [0.3, 0.4) is 0 Å². The maximum Gasteiger partial charge on any atom is 0.333 e. The molecule has 2 rings (SSSR count). The van der Waals surface area contributed by atoms with E-state index in [0.717, 1.165) is 0 Å². The van der Waals surface area contributed by atoms with Gasteiger partial charge >= 0.3 is 11.9 Å². The summed E-state index contributed by atoms with van der Waals surface area (Å²) in [4.78, 5) is 23.4. The van der Waals surface area contributed by atoms with Crippen LogP contribution in [0.5, 0.6) is 0 Å². The molecule has 1 N–H and O–H groups in total. The number of ether oxygens (including phenoxy) is 2. The molecule has 1 saturated carbocycles. The van der Waals surface area contributed by atoms with Gasteiger partial charge in [0.25, 0.3) is 0 Å². The largest absolute Gasteiger partial charge is 0.466 e. The van der Waals surface area contributed by atoms with Crippen molar-refractivity contribution in [3.8, 4) is 0 Å². The fraction of sp³-hybridized carbons (Fsp3) is 0.667. The molecule has 0 unspecified atom stereocenters. The highest BCUT2D eigenvalue weighted by molar-refractivity contribution is 5.88. The lowest BCUT2D eigenvalue weighted by atomic mass is 9.55. The first kappa shape index (κ1) is 17.7. The Morgan fingerprint density at radius 3 is 2.65 bits per heavy atom. The van der Waals surface area contributed by atoms with Crippen LogP contribution in [-0.4, -0.2) is 36.4 Å². The normalized spacial score (nSPS) is 36.5. The minimum Gasteiger partial charge on any atom is -0.466 e. The van der Waals surface area contributed by atoms with Crippen molar-refractivity contribution < 1.29 is 24.2 Å². The van der Waals surface area contributed by atoms with Gasteiger partial charge < -0.3 is 14.6 Å². The van der Waals surface area contributed by atoms with Crippen LogP contribution in [0.4, 0.5) is 0 Å². The van der Waals surface area contributed by atoms with Crippen molar-refractivity contribution in [2.24, 2.45) is 17.3 Å². The highest BCUT2D eigenvalue weighted by atomic mass is 16.5. The molecule has 0 heterocycles. The number of aliphatic hydroxyl groups excluding tert-OH is 1. The fourth-order valence-corrected chi connectivity index (χ4v) is 4.16. The van der Waals surface area contributed by atoms with Crippen molar-refractivity contribution in [2.45, 2.75) is 52.2 Å². The maximum absolute atomic E-state index is 11.9. The number of carbonyl (C=O) groups is 2. The van der Waals surface area contributed by atoms with E-state index in [1.807, 2.05) is 6.92 Å². The molecule has 5 atom stereocenters. The monoisotopic (exact) mass is 322 g/mol. The number of hydrogen-bond donors (Lipinski definition) is 1. The lowest BCUT2D eigenvalue weighted by Crippen LogP contribution is -2.52. The molecule has 2 aliphatic rings. The third-order valence-electron chi connectivity index (χ3n) is 5.56. The Bertz CT molecular complexity index is 550. The zero-order valence-electron chi connectivity index (χ0n) is 14.3. The average Bonchev–Trinajstić information content (AvgIpc) is 2.49. The van der Waals surface area contributed by atoms with Crippen molar-refractivity contribution in [2.75, 3.05) is 7.11 Å². The van der Waals surface area contributed by atoms with Gasteiger partial charge in [-0.15, -0.1) is 0 Å². The second-order valence-electron chi connectivity index (χ2n) is 6.97. The zero-order valence-corrected chi connectivity index (χ0v) is 14.3. The van der Waals surface area contributed by atoms with Gasteiger partial charge in [0.1, 0.15) is 6.10 Å². The second-order valence-corrected chi connectivity index (χ2v) is 6.97. The molecule has 1 fully saturated rings. The number of carbonyl (C=O) groups excluding carboxylic acids is 2. The average molecular weight is 322 g/mol. The van der Waals surface area contributed by atoms with Crippen molar-refractivity contribution in [3.05, 3.63) is 23.8 Å².